The summed E-state index contributed by atoms with van der Waals surface area (Å²) in [5, 5.41) is 5.59. The quantitative estimate of drug-likeness (QED) is 0.790. The fourth-order valence-electron chi connectivity index (χ4n) is 2.59. The van der Waals surface area contributed by atoms with Crippen molar-refractivity contribution < 1.29 is 0 Å². The van der Waals surface area contributed by atoms with Crippen molar-refractivity contribution in [1.29, 1.82) is 0 Å². The van der Waals surface area contributed by atoms with Crippen molar-refractivity contribution in [3.05, 3.63) is 57.5 Å². The normalized spacial score (nSPS) is 17.3. The summed E-state index contributed by atoms with van der Waals surface area (Å²) in [5.74, 6) is 0. The van der Waals surface area contributed by atoms with Gasteiger partial charge >= 0.3 is 0 Å². The average Bonchev–Trinajstić information content (AvgIpc) is 3.03. The van der Waals surface area contributed by atoms with E-state index in [-0.39, 0.29) is 11.0 Å². The summed E-state index contributed by atoms with van der Waals surface area (Å²) in [5.41, 5.74) is 3.13. The van der Waals surface area contributed by atoms with Crippen LogP contribution in [0.4, 0.5) is 0 Å². The number of hydrogen-bond acceptors (Lipinski definition) is 1. The van der Waals surface area contributed by atoms with Crippen LogP contribution in [0.1, 0.15) is 29.7 Å². The molecular formula is C13H14N2O. The van der Waals surface area contributed by atoms with Crippen LogP contribution in [0, 0.1) is 6.92 Å². The summed E-state index contributed by atoms with van der Waals surface area (Å²) in [6.07, 6.45) is 2.14. The molecule has 0 amide bonds. The third kappa shape index (κ3) is 1.18. The van der Waals surface area contributed by atoms with Gasteiger partial charge in [0.2, 0.25) is 0 Å². The van der Waals surface area contributed by atoms with E-state index in [4.69, 9.17) is 0 Å². The highest BCUT2D eigenvalue weighted by molar-refractivity contribution is 5.45. The molecule has 0 bridgehead atoms. The molecule has 3 rings (SSSR count). The maximum absolute atomic E-state index is 11.8. The first kappa shape index (κ1) is 9.46. The first-order valence-electron chi connectivity index (χ1n) is 5.57. The van der Waals surface area contributed by atoms with Crippen LogP contribution in [0.2, 0.25) is 0 Å². The molecule has 0 spiro atoms. The summed E-state index contributed by atoms with van der Waals surface area (Å²) < 4.78 is 0. The van der Waals surface area contributed by atoms with Crippen LogP contribution >= 0.6 is 0 Å². The molecular weight excluding hydrogens is 200 g/mol. The molecule has 1 aliphatic carbocycles. The van der Waals surface area contributed by atoms with Crippen molar-refractivity contribution >= 4 is 0 Å². The van der Waals surface area contributed by atoms with Gasteiger partial charge in [0.05, 0.1) is 0 Å². The molecule has 16 heavy (non-hydrogen) atoms. The number of aryl methyl sites for hydroxylation is 1. The minimum Gasteiger partial charge on any atom is -0.302 e. The van der Waals surface area contributed by atoms with Gasteiger partial charge in [-0.25, -0.2) is 0 Å². The van der Waals surface area contributed by atoms with Crippen LogP contribution < -0.4 is 5.56 Å². The summed E-state index contributed by atoms with van der Waals surface area (Å²) in [6, 6.07) is 10.3. The summed E-state index contributed by atoms with van der Waals surface area (Å²) >= 11 is 0. The van der Waals surface area contributed by atoms with E-state index in [2.05, 4.69) is 22.3 Å². The van der Waals surface area contributed by atoms with Gasteiger partial charge in [-0.2, -0.15) is 0 Å². The van der Waals surface area contributed by atoms with Gasteiger partial charge in [-0.1, -0.05) is 30.3 Å². The minimum absolute atomic E-state index is 0.0267. The van der Waals surface area contributed by atoms with Gasteiger partial charge in [-0.15, -0.1) is 0 Å². The first-order chi connectivity index (χ1) is 7.74. The maximum Gasteiger partial charge on any atom is 0.268 e. The zero-order valence-electron chi connectivity index (χ0n) is 9.21. The van der Waals surface area contributed by atoms with Crippen LogP contribution in [-0.4, -0.2) is 10.2 Å². The Morgan fingerprint density at radius 3 is 2.31 bits per heavy atom. The number of hydrogen-bond donors (Lipinski definition) is 2. The number of H-pyrrole nitrogens is 2. The van der Waals surface area contributed by atoms with Gasteiger partial charge < -0.3 is 5.10 Å². The van der Waals surface area contributed by atoms with Crippen LogP contribution in [0.5, 0.6) is 0 Å². The van der Waals surface area contributed by atoms with E-state index in [9.17, 15) is 4.79 Å². The summed E-state index contributed by atoms with van der Waals surface area (Å²) in [7, 11) is 0. The third-order valence-corrected chi connectivity index (χ3v) is 3.52. The molecule has 0 saturated heterocycles. The standard InChI is InChI=1S/C13H14N2O/c1-9-11(12(16)15-14-9)13(7-8-13)10-5-3-2-4-6-10/h2-6H,7-8H2,1H3,(H2,14,15,16). The molecule has 1 aromatic heterocycles. The summed E-state index contributed by atoms with van der Waals surface area (Å²) in [4.78, 5) is 11.8. The second kappa shape index (κ2) is 3.11. The topological polar surface area (TPSA) is 48.6 Å². The van der Waals surface area contributed by atoms with E-state index in [0.29, 0.717) is 0 Å². The fraction of sp³-hybridized carbons (Fsp3) is 0.308. The Balaban J connectivity index is 2.18. The second-order valence-electron chi connectivity index (χ2n) is 4.53. The molecule has 2 N–H and O–H groups in total. The van der Waals surface area contributed by atoms with E-state index in [1.165, 1.54) is 5.56 Å². The molecule has 0 aliphatic heterocycles. The van der Waals surface area contributed by atoms with Gasteiger partial charge in [-0.3, -0.25) is 9.89 Å². The molecule has 0 radical (unpaired) electrons. The third-order valence-electron chi connectivity index (χ3n) is 3.52. The van der Waals surface area contributed by atoms with Crippen LogP contribution in [0.15, 0.2) is 35.1 Å². The minimum atomic E-state index is -0.0288. The predicted molar refractivity (Wildman–Crippen MR) is 62.6 cm³/mol. The molecule has 0 unspecified atom stereocenters. The largest absolute Gasteiger partial charge is 0.302 e. The number of nitrogens with one attached hydrogen (secondary N) is 2. The Morgan fingerprint density at radius 2 is 1.81 bits per heavy atom. The number of rotatable bonds is 2. The Labute approximate surface area is 93.5 Å². The Hall–Kier alpha value is -1.77. The zero-order valence-corrected chi connectivity index (χ0v) is 9.21. The molecule has 0 atom stereocenters. The van der Waals surface area contributed by atoms with Gasteiger partial charge in [-0.05, 0) is 25.3 Å². The number of aromatic nitrogens is 2. The van der Waals surface area contributed by atoms with Crippen molar-refractivity contribution in [3.63, 3.8) is 0 Å². The highest BCUT2D eigenvalue weighted by atomic mass is 16.1. The van der Waals surface area contributed by atoms with E-state index in [0.717, 1.165) is 24.1 Å². The van der Waals surface area contributed by atoms with Gasteiger partial charge in [0.25, 0.3) is 5.56 Å². The molecule has 1 fully saturated rings. The SMILES string of the molecule is Cc1[nH][nH]c(=O)c1C1(c2ccccc2)CC1. The van der Waals surface area contributed by atoms with E-state index < -0.39 is 0 Å². The average molecular weight is 214 g/mol. The molecule has 2 aromatic rings. The van der Waals surface area contributed by atoms with Gasteiger partial charge in [0.15, 0.2) is 0 Å². The second-order valence-corrected chi connectivity index (χ2v) is 4.53. The maximum atomic E-state index is 11.8. The fourth-order valence-corrected chi connectivity index (χ4v) is 2.59. The lowest BCUT2D eigenvalue weighted by Crippen LogP contribution is -2.19. The van der Waals surface area contributed by atoms with Crippen molar-refractivity contribution in [2.45, 2.75) is 25.2 Å². The van der Waals surface area contributed by atoms with E-state index in [1.54, 1.807) is 0 Å². The van der Waals surface area contributed by atoms with Crippen LogP contribution in [-0.2, 0) is 5.41 Å². The van der Waals surface area contributed by atoms with Gasteiger partial charge in [0.1, 0.15) is 0 Å². The lowest BCUT2D eigenvalue weighted by atomic mass is 9.88. The predicted octanol–water partition coefficient (Wildman–Crippen LogP) is 2.09. The van der Waals surface area contributed by atoms with Crippen LogP contribution in [0.3, 0.4) is 0 Å². The molecule has 1 saturated carbocycles. The number of benzene rings is 1. The molecule has 1 aromatic carbocycles. The van der Waals surface area contributed by atoms with Crippen molar-refractivity contribution in [2.24, 2.45) is 0 Å². The van der Waals surface area contributed by atoms with E-state index in [1.807, 2.05) is 25.1 Å². The Bertz CT molecular complexity index is 561. The summed E-state index contributed by atoms with van der Waals surface area (Å²) in [6.45, 7) is 1.95. The highest BCUT2D eigenvalue weighted by Gasteiger charge is 2.48. The molecule has 1 heterocycles. The molecule has 1 aliphatic rings. The monoisotopic (exact) mass is 214 g/mol. The van der Waals surface area contributed by atoms with Crippen molar-refractivity contribution in [2.75, 3.05) is 0 Å². The Kier molecular flexibility index (Phi) is 1.84. The first-order valence-corrected chi connectivity index (χ1v) is 5.57. The molecule has 3 heteroatoms. The lowest BCUT2D eigenvalue weighted by Gasteiger charge is -2.13. The van der Waals surface area contributed by atoms with Crippen molar-refractivity contribution in [3.8, 4) is 0 Å². The van der Waals surface area contributed by atoms with E-state index >= 15 is 0 Å². The Morgan fingerprint density at radius 1 is 1.12 bits per heavy atom. The number of aromatic amines is 2. The lowest BCUT2D eigenvalue weighted by molar-refractivity contribution is 0.829. The highest BCUT2D eigenvalue weighted by Crippen LogP contribution is 2.52. The van der Waals surface area contributed by atoms with Crippen LogP contribution in [0.25, 0.3) is 0 Å². The molecule has 3 nitrogen and oxygen atoms in total. The van der Waals surface area contributed by atoms with Gasteiger partial charge in [0, 0.05) is 16.7 Å². The smallest absolute Gasteiger partial charge is 0.268 e. The molecule has 82 valence electrons. The zero-order chi connectivity index (χ0) is 11.2. The van der Waals surface area contributed by atoms with Crippen molar-refractivity contribution in [1.82, 2.24) is 10.2 Å².